The largest absolute Gasteiger partial charge is 0.484 e. The molecule has 0 saturated heterocycles. The molecule has 1 aliphatic rings. The van der Waals surface area contributed by atoms with E-state index in [0.717, 1.165) is 12.5 Å². The monoisotopic (exact) mass is 278 g/mol. The quantitative estimate of drug-likeness (QED) is 0.491. The van der Waals surface area contributed by atoms with Crippen LogP contribution in [0.25, 0.3) is 0 Å². The Morgan fingerprint density at radius 2 is 1.50 bits per heavy atom. The second-order valence-corrected chi connectivity index (χ2v) is 5.69. The highest BCUT2D eigenvalue weighted by Gasteiger charge is 2.21. The molecule has 0 amide bonds. The van der Waals surface area contributed by atoms with Crippen LogP contribution in [0.4, 0.5) is 0 Å². The summed E-state index contributed by atoms with van der Waals surface area (Å²) in [6.45, 7) is 9.96. The summed E-state index contributed by atoms with van der Waals surface area (Å²) in [7, 11) is -1.73. The number of nitrogens with two attached hydrogens (primary N) is 1. The summed E-state index contributed by atoms with van der Waals surface area (Å²) >= 11 is 0. The van der Waals surface area contributed by atoms with Gasteiger partial charge >= 0.3 is 9.53 Å². The molecular weight excluding hydrogens is 248 g/mol. The van der Waals surface area contributed by atoms with Crippen molar-refractivity contribution >= 4 is 9.53 Å². The van der Waals surface area contributed by atoms with Gasteiger partial charge in [-0.2, -0.15) is 0 Å². The second kappa shape index (κ2) is 12.1. The summed E-state index contributed by atoms with van der Waals surface area (Å²) in [4.78, 5) is 0. The molecule has 1 atom stereocenters. The first kappa shape index (κ1) is 18.0. The van der Waals surface area contributed by atoms with E-state index in [1.54, 1.807) is 0 Å². The fourth-order valence-electron chi connectivity index (χ4n) is 1.22. The Bertz CT molecular complexity index is 168. The van der Waals surface area contributed by atoms with E-state index in [0.29, 0.717) is 19.8 Å². The molecule has 0 aromatic carbocycles. The molecule has 5 nitrogen and oxygen atoms in total. The van der Waals surface area contributed by atoms with Gasteiger partial charge in [0.25, 0.3) is 0 Å². The zero-order chi connectivity index (χ0) is 13.8. The lowest BCUT2D eigenvalue weighted by molar-refractivity contribution is 0.107. The van der Waals surface area contributed by atoms with Crippen molar-refractivity contribution in [1.82, 2.24) is 5.32 Å². The summed E-state index contributed by atoms with van der Waals surface area (Å²) in [6.07, 6.45) is 3.93. The molecule has 1 rings (SSSR count). The maximum atomic E-state index is 5.60. The van der Waals surface area contributed by atoms with Crippen molar-refractivity contribution in [2.45, 2.75) is 59.2 Å². The van der Waals surface area contributed by atoms with Gasteiger partial charge in [-0.3, -0.25) is 5.32 Å². The van der Waals surface area contributed by atoms with Gasteiger partial charge in [0.2, 0.25) is 0 Å². The molecule has 0 aromatic rings. The fraction of sp³-hybridized carbons (Fsp3) is 1.00. The minimum absolute atomic E-state index is 0.238. The lowest BCUT2D eigenvalue weighted by atomic mass is 10.4. The van der Waals surface area contributed by atoms with Crippen LogP contribution in [0.5, 0.6) is 0 Å². The van der Waals surface area contributed by atoms with Crippen LogP contribution in [0.1, 0.15) is 47.0 Å². The average Bonchev–Trinajstić information content (AvgIpc) is 3.15. The Morgan fingerprint density at radius 1 is 1.06 bits per heavy atom. The van der Waals surface area contributed by atoms with Crippen molar-refractivity contribution in [3.8, 4) is 0 Å². The van der Waals surface area contributed by atoms with Gasteiger partial charge in [0.15, 0.2) is 0 Å². The lowest BCUT2D eigenvalue weighted by Crippen LogP contribution is -2.37. The van der Waals surface area contributed by atoms with E-state index in [2.05, 4.69) is 12.2 Å². The third kappa shape index (κ3) is 11.1. The maximum absolute atomic E-state index is 5.60. The Kier molecular flexibility index (Phi) is 12.1. The molecule has 1 saturated carbocycles. The van der Waals surface area contributed by atoms with Crippen LogP contribution >= 0.6 is 0 Å². The van der Waals surface area contributed by atoms with Gasteiger partial charge in [-0.05, 0) is 40.0 Å². The first-order valence-corrected chi connectivity index (χ1v) is 8.45. The zero-order valence-electron chi connectivity index (χ0n) is 12.3. The van der Waals surface area contributed by atoms with Crippen molar-refractivity contribution in [2.75, 3.05) is 19.8 Å². The average molecular weight is 278 g/mol. The highest BCUT2D eigenvalue weighted by atomic mass is 28.3. The minimum Gasteiger partial charge on any atom is -0.376 e. The number of rotatable bonds is 9. The van der Waals surface area contributed by atoms with E-state index in [1.807, 2.05) is 20.8 Å². The molecule has 6 heteroatoms. The lowest BCUT2D eigenvalue weighted by Gasteiger charge is -2.12. The molecule has 0 radical (unpaired) electrons. The van der Waals surface area contributed by atoms with Crippen molar-refractivity contribution in [1.29, 1.82) is 0 Å². The summed E-state index contributed by atoms with van der Waals surface area (Å²) in [5.74, 6) is 0. The Balaban J connectivity index is 0.000000327. The highest BCUT2D eigenvalue weighted by Crippen LogP contribution is 2.18. The molecule has 0 aliphatic heterocycles. The zero-order valence-corrected chi connectivity index (χ0v) is 13.4. The molecule has 18 heavy (non-hydrogen) atoms. The van der Waals surface area contributed by atoms with Crippen LogP contribution in [0.2, 0.25) is 0 Å². The SMILES string of the molecule is CCC(N)NC1CC1.CCO[SiH](OCC)OCC. The Labute approximate surface area is 113 Å². The molecular formula is C12H30N2O3Si. The summed E-state index contributed by atoms with van der Waals surface area (Å²) < 4.78 is 15.7. The molecule has 110 valence electrons. The molecule has 1 aliphatic carbocycles. The van der Waals surface area contributed by atoms with Crippen LogP contribution in [-0.4, -0.2) is 41.6 Å². The van der Waals surface area contributed by atoms with Crippen molar-refractivity contribution < 1.29 is 13.3 Å². The first-order valence-electron chi connectivity index (χ1n) is 7.04. The van der Waals surface area contributed by atoms with Crippen molar-refractivity contribution in [3.63, 3.8) is 0 Å². The van der Waals surface area contributed by atoms with Gasteiger partial charge in [-0.25, -0.2) is 0 Å². The maximum Gasteiger partial charge on any atom is 0.484 e. The summed E-state index contributed by atoms with van der Waals surface area (Å²) in [5.41, 5.74) is 5.60. The van der Waals surface area contributed by atoms with Crippen molar-refractivity contribution in [2.24, 2.45) is 5.73 Å². The molecule has 0 bridgehead atoms. The summed E-state index contributed by atoms with van der Waals surface area (Å²) in [5, 5.41) is 3.28. The van der Waals surface area contributed by atoms with E-state index in [4.69, 9.17) is 19.0 Å². The van der Waals surface area contributed by atoms with Gasteiger partial charge in [-0.15, -0.1) is 0 Å². The molecule has 1 unspecified atom stereocenters. The first-order chi connectivity index (χ1) is 8.67. The van der Waals surface area contributed by atoms with Gasteiger partial charge in [0.05, 0.1) is 6.17 Å². The van der Waals surface area contributed by atoms with Gasteiger partial charge in [-0.1, -0.05) is 6.92 Å². The van der Waals surface area contributed by atoms with Gasteiger partial charge in [0, 0.05) is 25.9 Å². The summed E-state index contributed by atoms with van der Waals surface area (Å²) in [6, 6.07) is 0.755. The smallest absolute Gasteiger partial charge is 0.376 e. The number of hydrogen-bond donors (Lipinski definition) is 2. The molecule has 0 heterocycles. The van der Waals surface area contributed by atoms with Gasteiger partial charge < -0.3 is 19.0 Å². The van der Waals surface area contributed by atoms with E-state index in [9.17, 15) is 0 Å². The van der Waals surface area contributed by atoms with E-state index < -0.39 is 9.53 Å². The topological polar surface area (TPSA) is 65.7 Å². The van der Waals surface area contributed by atoms with Crippen molar-refractivity contribution in [3.05, 3.63) is 0 Å². The van der Waals surface area contributed by atoms with E-state index >= 15 is 0 Å². The Hall–Kier alpha value is 0.0169. The van der Waals surface area contributed by atoms with Crippen LogP contribution < -0.4 is 11.1 Å². The van der Waals surface area contributed by atoms with E-state index in [-0.39, 0.29) is 6.17 Å². The number of hydrogen-bond acceptors (Lipinski definition) is 5. The standard InChI is InChI=1S/C6H14N2.C6H16O3Si/c1-2-6(7)8-5-3-4-5;1-4-7-10(8-5-2)9-6-3/h5-6,8H,2-4,7H2,1H3;10H,4-6H2,1-3H3. The molecule has 1 fully saturated rings. The third-order valence-electron chi connectivity index (χ3n) is 2.38. The third-order valence-corrected chi connectivity index (χ3v) is 4.19. The predicted molar refractivity (Wildman–Crippen MR) is 76.5 cm³/mol. The van der Waals surface area contributed by atoms with Crippen LogP contribution in [0.3, 0.4) is 0 Å². The second-order valence-electron chi connectivity index (χ2n) is 4.11. The normalized spacial score (nSPS) is 16.3. The van der Waals surface area contributed by atoms with Gasteiger partial charge in [0.1, 0.15) is 0 Å². The predicted octanol–water partition coefficient (Wildman–Crippen LogP) is 1.25. The van der Waals surface area contributed by atoms with E-state index in [1.165, 1.54) is 12.8 Å². The molecule has 3 N–H and O–H groups in total. The highest BCUT2D eigenvalue weighted by molar-refractivity contribution is 6.36. The van der Waals surface area contributed by atoms with Crippen LogP contribution in [-0.2, 0) is 13.3 Å². The van der Waals surface area contributed by atoms with Crippen LogP contribution in [0, 0.1) is 0 Å². The molecule has 0 spiro atoms. The fourth-order valence-corrected chi connectivity index (χ4v) is 2.33. The molecule has 0 aromatic heterocycles. The minimum atomic E-state index is -1.73. The number of nitrogens with one attached hydrogen (secondary N) is 1. The van der Waals surface area contributed by atoms with Crippen LogP contribution in [0.15, 0.2) is 0 Å². The Morgan fingerprint density at radius 3 is 1.78 bits per heavy atom.